The third-order valence-electron chi connectivity index (χ3n) is 4.65. The van der Waals surface area contributed by atoms with Crippen LogP contribution in [0.4, 0.5) is 8.78 Å². The molecule has 1 saturated carbocycles. The second-order valence-electron chi connectivity index (χ2n) is 6.05. The summed E-state index contributed by atoms with van der Waals surface area (Å²) in [6.45, 7) is -0.263. The van der Waals surface area contributed by atoms with Gasteiger partial charge in [0.15, 0.2) is 0 Å². The SMILES string of the molecule is O=C(OCc1c(F)cccc1Cl)C1(c2ccccc2F)CCCC1. The van der Waals surface area contributed by atoms with E-state index in [1.54, 1.807) is 18.2 Å². The zero-order valence-electron chi connectivity index (χ0n) is 13.0. The minimum atomic E-state index is -0.997. The second-order valence-corrected chi connectivity index (χ2v) is 6.45. The van der Waals surface area contributed by atoms with Gasteiger partial charge in [-0.25, -0.2) is 8.78 Å². The van der Waals surface area contributed by atoms with Crippen LogP contribution in [0.5, 0.6) is 0 Å². The van der Waals surface area contributed by atoms with Crippen molar-refractivity contribution in [2.24, 2.45) is 0 Å². The van der Waals surface area contributed by atoms with Crippen molar-refractivity contribution in [2.75, 3.05) is 0 Å². The van der Waals surface area contributed by atoms with Crippen molar-refractivity contribution in [3.05, 3.63) is 70.2 Å². The molecule has 0 bridgehead atoms. The Labute approximate surface area is 144 Å². The monoisotopic (exact) mass is 350 g/mol. The number of benzene rings is 2. The van der Waals surface area contributed by atoms with Crippen LogP contribution in [-0.2, 0) is 21.6 Å². The molecule has 1 aliphatic carbocycles. The minimum absolute atomic E-state index is 0.134. The molecule has 126 valence electrons. The fourth-order valence-electron chi connectivity index (χ4n) is 3.36. The molecule has 1 aliphatic rings. The Morgan fingerprint density at radius 3 is 2.38 bits per heavy atom. The van der Waals surface area contributed by atoms with Gasteiger partial charge in [0.2, 0.25) is 0 Å². The van der Waals surface area contributed by atoms with E-state index in [1.165, 1.54) is 24.3 Å². The summed E-state index contributed by atoms with van der Waals surface area (Å²) >= 11 is 5.96. The molecule has 0 heterocycles. The Morgan fingerprint density at radius 1 is 1.04 bits per heavy atom. The fraction of sp³-hybridized carbons (Fsp3) is 0.316. The van der Waals surface area contributed by atoms with Gasteiger partial charge in [-0.1, -0.05) is 48.7 Å². The lowest BCUT2D eigenvalue weighted by Gasteiger charge is -2.27. The molecule has 2 aromatic carbocycles. The Balaban J connectivity index is 1.85. The highest BCUT2D eigenvalue weighted by atomic mass is 35.5. The van der Waals surface area contributed by atoms with Gasteiger partial charge in [-0.05, 0) is 31.0 Å². The standard InChI is InChI=1S/C19H17ClF2O2/c20-15-7-5-9-16(21)13(15)12-24-18(23)19(10-3-4-11-19)14-6-1-2-8-17(14)22/h1-2,5-9H,3-4,10-12H2. The van der Waals surface area contributed by atoms with Crippen molar-refractivity contribution < 1.29 is 18.3 Å². The van der Waals surface area contributed by atoms with Crippen LogP contribution >= 0.6 is 11.6 Å². The Hall–Kier alpha value is -1.94. The van der Waals surface area contributed by atoms with E-state index in [1.807, 2.05) is 0 Å². The lowest BCUT2D eigenvalue weighted by molar-refractivity contribution is -0.152. The van der Waals surface area contributed by atoms with Crippen LogP contribution in [0.15, 0.2) is 42.5 Å². The predicted octanol–water partition coefficient (Wildman–Crippen LogP) is 5.17. The quantitative estimate of drug-likeness (QED) is 0.711. The maximum atomic E-state index is 14.2. The molecule has 0 saturated heterocycles. The summed E-state index contributed by atoms with van der Waals surface area (Å²) in [5, 5.41) is 0.203. The van der Waals surface area contributed by atoms with E-state index in [0.717, 1.165) is 12.8 Å². The smallest absolute Gasteiger partial charge is 0.317 e. The highest BCUT2D eigenvalue weighted by Crippen LogP contribution is 2.43. The summed E-state index contributed by atoms with van der Waals surface area (Å²) < 4.78 is 33.4. The molecule has 0 spiro atoms. The highest BCUT2D eigenvalue weighted by Gasteiger charge is 2.45. The van der Waals surface area contributed by atoms with E-state index in [0.29, 0.717) is 18.4 Å². The Bertz CT molecular complexity index is 735. The zero-order chi connectivity index (χ0) is 17.2. The van der Waals surface area contributed by atoms with Crippen molar-refractivity contribution in [1.82, 2.24) is 0 Å². The van der Waals surface area contributed by atoms with E-state index < -0.39 is 23.0 Å². The average molecular weight is 351 g/mol. The van der Waals surface area contributed by atoms with E-state index in [-0.39, 0.29) is 17.2 Å². The van der Waals surface area contributed by atoms with Gasteiger partial charge in [0.25, 0.3) is 0 Å². The van der Waals surface area contributed by atoms with Gasteiger partial charge >= 0.3 is 5.97 Å². The Morgan fingerprint density at radius 2 is 1.71 bits per heavy atom. The summed E-state index contributed by atoms with van der Waals surface area (Å²) in [4.78, 5) is 12.8. The van der Waals surface area contributed by atoms with E-state index in [4.69, 9.17) is 16.3 Å². The third-order valence-corrected chi connectivity index (χ3v) is 5.00. The number of ether oxygens (including phenoxy) is 1. The van der Waals surface area contributed by atoms with E-state index >= 15 is 0 Å². The van der Waals surface area contributed by atoms with E-state index in [9.17, 15) is 13.6 Å². The summed E-state index contributed by atoms with van der Waals surface area (Å²) in [6, 6.07) is 10.5. The van der Waals surface area contributed by atoms with Crippen LogP contribution < -0.4 is 0 Å². The molecule has 5 heteroatoms. The first kappa shape index (κ1) is 16.9. The van der Waals surface area contributed by atoms with Gasteiger partial charge in [-0.2, -0.15) is 0 Å². The molecule has 0 aliphatic heterocycles. The number of hydrogen-bond donors (Lipinski definition) is 0. The van der Waals surface area contributed by atoms with Crippen molar-refractivity contribution in [3.8, 4) is 0 Å². The maximum Gasteiger partial charge on any atom is 0.317 e. The molecule has 0 radical (unpaired) electrons. The maximum absolute atomic E-state index is 14.2. The summed E-state index contributed by atoms with van der Waals surface area (Å²) in [5.41, 5.74) is -0.510. The van der Waals surface area contributed by atoms with Gasteiger partial charge in [-0.3, -0.25) is 4.79 Å². The van der Waals surface area contributed by atoms with Crippen LogP contribution in [0, 0.1) is 11.6 Å². The highest BCUT2D eigenvalue weighted by molar-refractivity contribution is 6.31. The Kier molecular flexibility index (Phi) is 4.86. The number of halogens is 3. The lowest BCUT2D eigenvalue weighted by atomic mass is 9.78. The molecule has 1 fully saturated rings. The molecule has 0 atom stereocenters. The number of esters is 1. The molecule has 0 N–H and O–H groups in total. The molecule has 3 rings (SSSR count). The molecule has 2 nitrogen and oxygen atoms in total. The van der Waals surface area contributed by atoms with Crippen molar-refractivity contribution in [3.63, 3.8) is 0 Å². The predicted molar refractivity (Wildman–Crippen MR) is 87.8 cm³/mol. The molecular weight excluding hydrogens is 334 g/mol. The fourth-order valence-corrected chi connectivity index (χ4v) is 3.57. The first-order valence-corrected chi connectivity index (χ1v) is 8.27. The molecule has 0 aromatic heterocycles. The zero-order valence-corrected chi connectivity index (χ0v) is 13.8. The molecule has 24 heavy (non-hydrogen) atoms. The number of hydrogen-bond acceptors (Lipinski definition) is 2. The van der Waals surface area contributed by atoms with Gasteiger partial charge in [0.05, 0.1) is 10.4 Å². The molecule has 0 unspecified atom stereocenters. The largest absolute Gasteiger partial charge is 0.460 e. The van der Waals surface area contributed by atoms with Gasteiger partial charge in [0.1, 0.15) is 18.2 Å². The number of carbonyl (C=O) groups excluding carboxylic acids is 1. The van der Waals surface area contributed by atoms with Crippen molar-refractivity contribution in [1.29, 1.82) is 0 Å². The van der Waals surface area contributed by atoms with E-state index in [2.05, 4.69) is 0 Å². The molecule has 2 aromatic rings. The third kappa shape index (κ3) is 3.03. The normalized spacial score (nSPS) is 16.1. The van der Waals surface area contributed by atoms with Crippen molar-refractivity contribution in [2.45, 2.75) is 37.7 Å². The topological polar surface area (TPSA) is 26.3 Å². The second kappa shape index (κ2) is 6.89. The van der Waals surface area contributed by atoms with Crippen molar-refractivity contribution >= 4 is 17.6 Å². The van der Waals surface area contributed by atoms with Gasteiger partial charge in [-0.15, -0.1) is 0 Å². The number of carbonyl (C=O) groups is 1. The summed E-state index contributed by atoms with van der Waals surface area (Å²) in [5.74, 6) is -1.47. The van der Waals surface area contributed by atoms with Gasteiger partial charge < -0.3 is 4.74 Å². The average Bonchev–Trinajstić information content (AvgIpc) is 3.05. The van der Waals surface area contributed by atoms with Crippen LogP contribution in [0.25, 0.3) is 0 Å². The number of rotatable bonds is 4. The molecule has 0 amide bonds. The summed E-state index contributed by atoms with van der Waals surface area (Å²) in [6.07, 6.45) is 2.70. The first-order valence-electron chi connectivity index (χ1n) is 7.90. The summed E-state index contributed by atoms with van der Waals surface area (Å²) in [7, 11) is 0. The minimum Gasteiger partial charge on any atom is -0.460 e. The first-order chi connectivity index (χ1) is 11.5. The van der Waals surface area contributed by atoms with Crippen LogP contribution in [0.2, 0.25) is 5.02 Å². The van der Waals surface area contributed by atoms with Crippen LogP contribution in [-0.4, -0.2) is 5.97 Å². The van der Waals surface area contributed by atoms with Crippen LogP contribution in [0.1, 0.15) is 36.8 Å². The van der Waals surface area contributed by atoms with Crippen LogP contribution in [0.3, 0.4) is 0 Å². The van der Waals surface area contributed by atoms with Gasteiger partial charge in [0, 0.05) is 11.1 Å². The molecular formula is C19H17ClF2O2. The lowest BCUT2D eigenvalue weighted by Crippen LogP contribution is -2.35.